The van der Waals surface area contributed by atoms with Gasteiger partial charge in [-0.1, -0.05) is 44.1 Å². The van der Waals surface area contributed by atoms with Gasteiger partial charge in [-0.2, -0.15) is 0 Å². The summed E-state index contributed by atoms with van der Waals surface area (Å²) >= 11 is 0. The van der Waals surface area contributed by atoms with Crippen LogP contribution in [0, 0.1) is 11.8 Å². The fourth-order valence-corrected chi connectivity index (χ4v) is 6.54. The zero-order valence-electron chi connectivity index (χ0n) is 22.8. The smallest absolute Gasteiger partial charge is 0.249 e. The number of nitrogens with zero attached hydrogens (tertiary/aromatic N) is 3. The van der Waals surface area contributed by atoms with Crippen LogP contribution in [0.4, 0.5) is 5.69 Å². The van der Waals surface area contributed by atoms with Gasteiger partial charge in [0.2, 0.25) is 17.7 Å². The van der Waals surface area contributed by atoms with Crippen molar-refractivity contribution in [2.24, 2.45) is 11.8 Å². The minimum absolute atomic E-state index is 0.0987. The molecule has 0 saturated carbocycles. The van der Waals surface area contributed by atoms with Crippen molar-refractivity contribution in [3.05, 3.63) is 48.6 Å². The predicted octanol–water partition coefficient (Wildman–Crippen LogP) is 2.54. The van der Waals surface area contributed by atoms with Crippen molar-refractivity contribution in [2.75, 3.05) is 44.3 Å². The van der Waals surface area contributed by atoms with Gasteiger partial charge >= 0.3 is 0 Å². The molecule has 1 aromatic carbocycles. The lowest BCUT2D eigenvalue weighted by atomic mass is 9.77. The minimum atomic E-state index is -1.24. The number of amides is 3. The van der Waals surface area contributed by atoms with E-state index in [1.807, 2.05) is 55.5 Å². The molecule has 0 bridgehead atoms. The second-order valence-electron chi connectivity index (χ2n) is 10.6. The number of hydrogen-bond acceptors (Lipinski definition) is 6. The summed E-state index contributed by atoms with van der Waals surface area (Å²) in [6.07, 6.45) is 10.2. The number of benzene rings is 1. The van der Waals surface area contributed by atoms with Crippen LogP contribution in [-0.4, -0.2) is 89.8 Å². The highest BCUT2D eigenvalue weighted by Gasteiger charge is 2.71. The molecule has 0 radical (unpaired) electrons. The number of hydrogen-bond donors (Lipinski definition) is 1. The van der Waals surface area contributed by atoms with E-state index < -0.39 is 29.6 Å². The Morgan fingerprint density at radius 3 is 2.49 bits per heavy atom. The highest BCUT2D eigenvalue weighted by molar-refractivity contribution is 6.03. The molecule has 39 heavy (non-hydrogen) atoms. The molecule has 1 aromatic rings. The third-order valence-electron chi connectivity index (χ3n) is 8.29. The van der Waals surface area contributed by atoms with E-state index in [4.69, 9.17) is 9.47 Å². The minimum Gasteiger partial charge on any atom is -0.494 e. The lowest BCUT2D eigenvalue weighted by Gasteiger charge is -2.35. The molecule has 4 aliphatic heterocycles. The molecule has 4 aliphatic rings. The van der Waals surface area contributed by atoms with E-state index in [1.165, 1.54) is 0 Å². The summed E-state index contributed by atoms with van der Waals surface area (Å²) in [6, 6.07) is 6.49. The van der Waals surface area contributed by atoms with E-state index >= 15 is 0 Å². The number of aliphatic hydroxyl groups excluding tert-OH is 1. The standard InChI is InChI=1S/C30H39N3O6/c1-3-5-6-16-31-17-8-15-30-25(28(36)33(19-9-20-34)26(30)29(31)37)24-23(39-30)10-7-18-32(27(24)35)21-11-13-22(14-12-21)38-4-2/h7-8,10-15,23-26,34H,3-6,9,16-20H2,1-2H3/t23-,24+,25+,26?,30+/m1/s1. The Bertz CT molecular complexity index is 1130. The van der Waals surface area contributed by atoms with Crippen molar-refractivity contribution < 1.29 is 29.0 Å². The SMILES string of the molecule is CCCCCN1CC=C[C@]23O[C@@H]4C=CCN(c5ccc(OCC)cc5)C(=O)[C@@H]4[C@H]2C(=O)N(CCCO)C3C1=O. The topological polar surface area (TPSA) is 99.6 Å². The summed E-state index contributed by atoms with van der Waals surface area (Å²) in [5.74, 6) is -1.49. The Labute approximate surface area is 230 Å². The van der Waals surface area contributed by atoms with Crippen molar-refractivity contribution >= 4 is 23.4 Å². The highest BCUT2D eigenvalue weighted by Crippen LogP contribution is 2.53. The van der Waals surface area contributed by atoms with Crippen LogP contribution < -0.4 is 9.64 Å². The number of fused-ring (bicyclic) bond motifs is 2. The van der Waals surface area contributed by atoms with Crippen LogP contribution in [0.25, 0.3) is 0 Å². The maximum atomic E-state index is 14.2. The molecule has 4 heterocycles. The summed E-state index contributed by atoms with van der Waals surface area (Å²) in [5, 5.41) is 9.55. The average Bonchev–Trinajstić information content (AvgIpc) is 3.25. The van der Waals surface area contributed by atoms with Gasteiger partial charge in [0, 0.05) is 38.5 Å². The maximum absolute atomic E-state index is 14.2. The Kier molecular flexibility index (Phi) is 8.09. The molecule has 0 aromatic heterocycles. The van der Waals surface area contributed by atoms with Crippen molar-refractivity contribution in [3.8, 4) is 5.75 Å². The number of rotatable bonds is 10. The molecular formula is C30H39N3O6. The van der Waals surface area contributed by atoms with Crippen LogP contribution in [-0.2, 0) is 19.1 Å². The Morgan fingerprint density at radius 1 is 0.974 bits per heavy atom. The molecule has 5 atom stereocenters. The Hall–Kier alpha value is -3.17. The van der Waals surface area contributed by atoms with E-state index in [0.717, 1.165) is 25.0 Å². The van der Waals surface area contributed by atoms with Gasteiger partial charge in [-0.15, -0.1) is 0 Å². The van der Waals surface area contributed by atoms with Crippen LogP contribution in [0.3, 0.4) is 0 Å². The Morgan fingerprint density at radius 2 is 1.77 bits per heavy atom. The molecule has 1 unspecified atom stereocenters. The molecule has 210 valence electrons. The highest BCUT2D eigenvalue weighted by atomic mass is 16.5. The summed E-state index contributed by atoms with van der Waals surface area (Å²) in [7, 11) is 0. The summed E-state index contributed by atoms with van der Waals surface area (Å²) in [5.41, 5.74) is -0.524. The number of likely N-dealkylation sites (tertiary alicyclic amines) is 1. The number of aliphatic hydroxyl groups is 1. The number of carbonyl (C=O) groups is 3. The maximum Gasteiger partial charge on any atom is 0.249 e. The second-order valence-corrected chi connectivity index (χ2v) is 10.6. The van der Waals surface area contributed by atoms with Gasteiger partial charge < -0.3 is 29.3 Å². The first-order valence-corrected chi connectivity index (χ1v) is 14.2. The zero-order chi connectivity index (χ0) is 27.6. The van der Waals surface area contributed by atoms with Crippen molar-refractivity contribution in [1.29, 1.82) is 0 Å². The summed E-state index contributed by atoms with van der Waals surface area (Å²) in [6.45, 7) is 6.12. The van der Waals surface area contributed by atoms with Gasteiger partial charge in [-0.3, -0.25) is 14.4 Å². The van der Waals surface area contributed by atoms with E-state index in [2.05, 4.69) is 6.92 Å². The zero-order valence-corrected chi connectivity index (χ0v) is 22.8. The average molecular weight is 538 g/mol. The molecule has 2 saturated heterocycles. The first kappa shape index (κ1) is 27.4. The monoisotopic (exact) mass is 537 g/mol. The van der Waals surface area contributed by atoms with E-state index in [9.17, 15) is 19.5 Å². The van der Waals surface area contributed by atoms with Gasteiger partial charge in [-0.05, 0) is 44.0 Å². The summed E-state index contributed by atoms with van der Waals surface area (Å²) < 4.78 is 12.2. The molecular weight excluding hydrogens is 498 g/mol. The van der Waals surface area contributed by atoms with Gasteiger partial charge in [0.1, 0.15) is 17.4 Å². The first-order valence-electron chi connectivity index (χ1n) is 14.2. The van der Waals surface area contributed by atoms with Gasteiger partial charge in [0.25, 0.3) is 0 Å². The molecule has 2 fully saturated rings. The van der Waals surface area contributed by atoms with Crippen LogP contribution in [0.5, 0.6) is 5.75 Å². The summed E-state index contributed by atoms with van der Waals surface area (Å²) in [4.78, 5) is 47.3. The van der Waals surface area contributed by atoms with Gasteiger partial charge in [-0.25, -0.2) is 0 Å². The largest absolute Gasteiger partial charge is 0.494 e. The van der Waals surface area contributed by atoms with E-state index in [1.54, 1.807) is 14.7 Å². The van der Waals surface area contributed by atoms with Gasteiger partial charge in [0.15, 0.2) is 0 Å². The van der Waals surface area contributed by atoms with Gasteiger partial charge in [0.05, 0.1) is 24.5 Å². The van der Waals surface area contributed by atoms with Crippen molar-refractivity contribution in [2.45, 2.75) is 57.3 Å². The third-order valence-corrected chi connectivity index (χ3v) is 8.29. The molecule has 5 rings (SSSR count). The fourth-order valence-electron chi connectivity index (χ4n) is 6.54. The van der Waals surface area contributed by atoms with Crippen LogP contribution in [0.1, 0.15) is 39.5 Å². The molecule has 1 N–H and O–H groups in total. The number of carbonyl (C=O) groups excluding carboxylic acids is 3. The molecule has 0 aliphatic carbocycles. The van der Waals surface area contributed by atoms with E-state index in [-0.39, 0.29) is 30.9 Å². The fraction of sp³-hybridized carbons (Fsp3) is 0.567. The molecule has 9 heteroatoms. The van der Waals surface area contributed by atoms with Crippen LogP contribution >= 0.6 is 0 Å². The third kappa shape index (κ3) is 4.76. The normalized spacial score (nSPS) is 29.8. The number of ether oxygens (including phenoxy) is 2. The first-order chi connectivity index (χ1) is 19.0. The van der Waals surface area contributed by atoms with Crippen molar-refractivity contribution in [1.82, 2.24) is 9.80 Å². The molecule has 9 nitrogen and oxygen atoms in total. The second kappa shape index (κ2) is 11.5. The lowest BCUT2D eigenvalue weighted by Crippen LogP contribution is -2.55. The van der Waals surface area contributed by atoms with Crippen LogP contribution in [0.15, 0.2) is 48.6 Å². The number of anilines is 1. The number of unbranched alkanes of at least 4 members (excludes halogenated alkanes) is 2. The van der Waals surface area contributed by atoms with E-state index in [0.29, 0.717) is 38.3 Å². The quantitative estimate of drug-likeness (QED) is 0.364. The Balaban J connectivity index is 1.50. The molecule has 3 amide bonds. The lowest BCUT2D eigenvalue weighted by molar-refractivity contribution is -0.147. The predicted molar refractivity (Wildman–Crippen MR) is 146 cm³/mol. The van der Waals surface area contributed by atoms with Crippen LogP contribution in [0.2, 0.25) is 0 Å². The van der Waals surface area contributed by atoms with Crippen molar-refractivity contribution in [3.63, 3.8) is 0 Å². The molecule has 1 spiro atoms.